The molecule has 9 heteroatoms. The normalized spacial score (nSPS) is 14.9. The summed E-state index contributed by atoms with van der Waals surface area (Å²) in [7, 11) is 0. The van der Waals surface area contributed by atoms with E-state index in [1.165, 1.54) is 36.4 Å². The third kappa shape index (κ3) is 4.23. The molecule has 0 N–H and O–H groups in total. The van der Waals surface area contributed by atoms with Gasteiger partial charge in [0, 0.05) is 24.7 Å². The number of hydrogen-bond acceptors (Lipinski definition) is 6. The van der Waals surface area contributed by atoms with Gasteiger partial charge in [0.15, 0.2) is 0 Å². The molecule has 0 bridgehead atoms. The second kappa shape index (κ2) is 7.94. The SMILES string of the molecule is CC1CCN(C(=O)Cn2nc(-c3nc(-c4ccc(F)cc4)no3)ccc2=O)CC1. The number of nitrogens with zero attached hydrogens (tertiary/aromatic N) is 5. The van der Waals surface area contributed by atoms with Crippen molar-refractivity contribution in [2.45, 2.75) is 26.3 Å². The number of aromatic nitrogens is 4. The van der Waals surface area contributed by atoms with E-state index in [2.05, 4.69) is 22.2 Å². The lowest BCUT2D eigenvalue weighted by Gasteiger charge is -2.30. The highest BCUT2D eigenvalue weighted by molar-refractivity contribution is 5.76. The van der Waals surface area contributed by atoms with Crippen molar-refractivity contribution in [3.63, 3.8) is 0 Å². The van der Waals surface area contributed by atoms with Gasteiger partial charge in [0.25, 0.3) is 11.4 Å². The summed E-state index contributed by atoms with van der Waals surface area (Å²) in [5.41, 5.74) is 0.487. The molecule has 1 aliphatic rings. The summed E-state index contributed by atoms with van der Waals surface area (Å²) in [5.74, 6) is 0.492. The number of benzene rings is 1. The van der Waals surface area contributed by atoms with E-state index in [1.54, 1.807) is 4.90 Å². The Hall–Kier alpha value is -3.36. The predicted octanol–water partition coefficient (Wildman–Crippen LogP) is 2.36. The summed E-state index contributed by atoms with van der Waals surface area (Å²) < 4.78 is 19.4. The van der Waals surface area contributed by atoms with Gasteiger partial charge in [0.1, 0.15) is 18.1 Å². The molecule has 3 heterocycles. The summed E-state index contributed by atoms with van der Waals surface area (Å²) in [5, 5.41) is 8.09. The van der Waals surface area contributed by atoms with Crippen LogP contribution in [-0.2, 0) is 11.3 Å². The molecular formula is C20H20FN5O3. The molecule has 1 aliphatic heterocycles. The van der Waals surface area contributed by atoms with Crippen LogP contribution in [0.5, 0.6) is 0 Å². The number of piperidine rings is 1. The fraction of sp³-hybridized carbons (Fsp3) is 0.350. The zero-order valence-electron chi connectivity index (χ0n) is 15.9. The van der Waals surface area contributed by atoms with Crippen molar-refractivity contribution in [1.29, 1.82) is 0 Å². The lowest BCUT2D eigenvalue weighted by atomic mass is 9.99. The Kier molecular flexibility index (Phi) is 5.20. The predicted molar refractivity (Wildman–Crippen MR) is 102 cm³/mol. The molecule has 0 spiro atoms. The van der Waals surface area contributed by atoms with Crippen molar-refractivity contribution in [1.82, 2.24) is 24.8 Å². The minimum absolute atomic E-state index is 0.109. The lowest BCUT2D eigenvalue weighted by molar-refractivity contribution is -0.133. The first-order valence-electron chi connectivity index (χ1n) is 9.45. The van der Waals surface area contributed by atoms with Gasteiger partial charge in [0.05, 0.1) is 0 Å². The van der Waals surface area contributed by atoms with Gasteiger partial charge in [0.2, 0.25) is 11.7 Å². The maximum atomic E-state index is 13.1. The van der Waals surface area contributed by atoms with E-state index in [4.69, 9.17) is 4.52 Å². The van der Waals surface area contributed by atoms with E-state index in [0.29, 0.717) is 24.6 Å². The summed E-state index contributed by atoms with van der Waals surface area (Å²) in [6.07, 6.45) is 1.92. The molecule has 8 nitrogen and oxygen atoms in total. The van der Waals surface area contributed by atoms with Crippen molar-refractivity contribution in [3.05, 3.63) is 52.6 Å². The molecule has 150 valence electrons. The topological polar surface area (TPSA) is 94.1 Å². The monoisotopic (exact) mass is 397 g/mol. The van der Waals surface area contributed by atoms with Crippen LogP contribution in [0.1, 0.15) is 19.8 Å². The highest BCUT2D eigenvalue weighted by Crippen LogP contribution is 2.20. The first kappa shape index (κ1) is 19.0. The van der Waals surface area contributed by atoms with Crippen LogP contribution in [-0.4, -0.2) is 43.8 Å². The van der Waals surface area contributed by atoms with Crippen LogP contribution in [0, 0.1) is 11.7 Å². The number of amides is 1. The van der Waals surface area contributed by atoms with Crippen molar-refractivity contribution in [2.24, 2.45) is 5.92 Å². The Morgan fingerprint density at radius 2 is 1.90 bits per heavy atom. The molecule has 0 radical (unpaired) electrons. The van der Waals surface area contributed by atoms with E-state index in [0.717, 1.165) is 17.5 Å². The van der Waals surface area contributed by atoms with Crippen LogP contribution in [0.25, 0.3) is 23.0 Å². The fourth-order valence-corrected chi connectivity index (χ4v) is 3.21. The van der Waals surface area contributed by atoms with E-state index >= 15 is 0 Å². The molecule has 3 aromatic rings. The number of carbonyl (C=O) groups is 1. The van der Waals surface area contributed by atoms with Gasteiger partial charge in [-0.2, -0.15) is 10.1 Å². The number of rotatable bonds is 4. The second-order valence-electron chi connectivity index (χ2n) is 7.21. The minimum Gasteiger partial charge on any atom is -0.341 e. The fourth-order valence-electron chi connectivity index (χ4n) is 3.21. The van der Waals surface area contributed by atoms with E-state index < -0.39 is 0 Å². The molecule has 29 heavy (non-hydrogen) atoms. The van der Waals surface area contributed by atoms with E-state index in [1.807, 2.05) is 0 Å². The zero-order chi connectivity index (χ0) is 20.4. The molecule has 2 aromatic heterocycles. The van der Waals surface area contributed by atoms with Crippen molar-refractivity contribution >= 4 is 5.91 Å². The van der Waals surface area contributed by atoms with Crippen LogP contribution < -0.4 is 5.56 Å². The van der Waals surface area contributed by atoms with Gasteiger partial charge < -0.3 is 9.42 Å². The number of hydrogen-bond donors (Lipinski definition) is 0. The summed E-state index contributed by atoms with van der Waals surface area (Å²) in [6.45, 7) is 3.42. The highest BCUT2D eigenvalue weighted by Gasteiger charge is 2.21. The van der Waals surface area contributed by atoms with Gasteiger partial charge >= 0.3 is 0 Å². The van der Waals surface area contributed by atoms with Gasteiger partial charge in [-0.15, -0.1) is 0 Å². The van der Waals surface area contributed by atoms with Crippen molar-refractivity contribution in [3.8, 4) is 23.0 Å². The molecule has 1 saturated heterocycles. The summed E-state index contributed by atoms with van der Waals surface area (Å²) >= 11 is 0. The van der Waals surface area contributed by atoms with Gasteiger partial charge in [-0.25, -0.2) is 9.07 Å². The number of halogens is 1. The Labute approximate surface area is 166 Å². The first-order chi connectivity index (χ1) is 14.0. The van der Waals surface area contributed by atoms with E-state index in [9.17, 15) is 14.0 Å². The maximum absolute atomic E-state index is 13.1. The van der Waals surface area contributed by atoms with Gasteiger partial charge in [-0.05, 0) is 49.1 Å². The second-order valence-corrected chi connectivity index (χ2v) is 7.21. The third-order valence-corrected chi connectivity index (χ3v) is 5.04. The smallest absolute Gasteiger partial charge is 0.278 e. The molecular weight excluding hydrogens is 377 g/mol. The van der Waals surface area contributed by atoms with Crippen LogP contribution in [0.2, 0.25) is 0 Å². The maximum Gasteiger partial charge on any atom is 0.278 e. The Bertz CT molecular complexity index is 1070. The molecule has 0 saturated carbocycles. The van der Waals surface area contributed by atoms with Gasteiger partial charge in [-0.1, -0.05) is 12.1 Å². The molecule has 4 rings (SSSR count). The first-order valence-corrected chi connectivity index (χ1v) is 9.45. The molecule has 1 fully saturated rings. The Balaban J connectivity index is 1.53. The van der Waals surface area contributed by atoms with Crippen LogP contribution in [0.3, 0.4) is 0 Å². The average Bonchev–Trinajstić information content (AvgIpc) is 3.21. The quantitative estimate of drug-likeness (QED) is 0.671. The average molecular weight is 397 g/mol. The standard InChI is InChI=1S/C20H20FN5O3/c1-13-8-10-25(11-9-13)18(28)12-26-17(27)7-6-16(23-26)20-22-19(24-29-20)14-2-4-15(21)5-3-14/h2-7,13H,8-12H2,1H3. The summed E-state index contributed by atoms with van der Waals surface area (Å²) in [6, 6.07) is 8.46. The van der Waals surface area contributed by atoms with Crippen molar-refractivity contribution in [2.75, 3.05) is 13.1 Å². The molecule has 0 unspecified atom stereocenters. The molecule has 0 atom stereocenters. The molecule has 1 aromatic carbocycles. The Morgan fingerprint density at radius 3 is 2.62 bits per heavy atom. The molecule has 0 aliphatic carbocycles. The van der Waals surface area contributed by atoms with Crippen LogP contribution in [0.15, 0.2) is 45.7 Å². The largest absolute Gasteiger partial charge is 0.341 e. The zero-order valence-corrected chi connectivity index (χ0v) is 15.9. The minimum atomic E-state index is -0.384. The Morgan fingerprint density at radius 1 is 1.17 bits per heavy atom. The summed E-state index contributed by atoms with van der Waals surface area (Å²) in [4.78, 5) is 30.7. The van der Waals surface area contributed by atoms with E-state index in [-0.39, 0.29) is 41.2 Å². The number of likely N-dealkylation sites (tertiary alicyclic amines) is 1. The lowest BCUT2D eigenvalue weighted by Crippen LogP contribution is -2.41. The van der Waals surface area contributed by atoms with Crippen molar-refractivity contribution < 1.29 is 13.7 Å². The molecule has 1 amide bonds. The number of carbonyl (C=O) groups excluding carboxylic acids is 1. The highest BCUT2D eigenvalue weighted by atomic mass is 19.1. The third-order valence-electron chi connectivity index (χ3n) is 5.04. The van der Waals surface area contributed by atoms with Crippen LogP contribution in [0.4, 0.5) is 4.39 Å². The van der Waals surface area contributed by atoms with Crippen LogP contribution >= 0.6 is 0 Å². The van der Waals surface area contributed by atoms with Gasteiger partial charge in [-0.3, -0.25) is 9.59 Å².